The maximum absolute atomic E-state index is 6.37. The topological polar surface area (TPSA) is 53.1 Å². The molecule has 4 nitrogen and oxygen atoms in total. The maximum atomic E-state index is 6.37. The van der Waals surface area contributed by atoms with Crippen LogP contribution < -0.4 is 10.5 Å². The number of fused-ring (bicyclic) bond motifs is 1. The molecule has 2 aromatic rings. The summed E-state index contributed by atoms with van der Waals surface area (Å²) in [6.45, 7) is 0. The van der Waals surface area contributed by atoms with Crippen molar-refractivity contribution in [2.75, 3.05) is 7.11 Å². The molecule has 100 valence electrons. The molecular formula is C14H17N3OS. The molecule has 5 heteroatoms. The van der Waals surface area contributed by atoms with E-state index in [-0.39, 0.29) is 6.04 Å². The van der Waals surface area contributed by atoms with Gasteiger partial charge in [0.25, 0.3) is 0 Å². The molecule has 1 aromatic heterocycles. The third-order valence-corrected chi connectivity index (χ3v) is 4.93. The highest BCUT2D eigenvalue weighted by Gasteiger charge is 2.31. The van der Waals surface area contributed by atoms with E-state index in [4.69, 9.17) is 10.5 Å². The summed E-state index contributed by atoms with van der Waals surface area (Å²) in [6, 6.07) is 6.21. The van der Waals surface area contributed by atoms with Crippen molar-refractivity contribution < 1.29 is 4.74 Å². The van der Waals surface area contributed by atoms with E-state index in [9.17, 15) is 0 Å². The lowest BCUT2D eigenvalue weighted by Crippen LogP contribution is -2.19. The van der Waals surface area contributed by atoms with E-state index in [1.54, 1.807) is 18.9 Å². The van der Waals surface area contributed by atoms with E-state index in [1.165, 1.54) is 11.1 Å². The summed E-state index contributed by atoms with van der Waals surface area (Å²) < 4.78 is 7.30. The summed E-state index contributed by atoms with van der Waals surface area (Å²) in [6.07, 6.45) is 4.76. The number of hydrogen-bond donors (Lipinski definition) is 1. The molecule has 2 unspecified atom stereocenters. The normalized spacial score (nSPS) is 21.4. The molecule has 1 aliphatic rings. The molecular weight excluding hydrogens is 258 g/mol. The van der Waals surface area contributed by atoms with Gasteiger partial charge in [-0.3, -0.25) is 0 Å². The number of rotatable bonds is 3. The Hall–Kier alpha value is -1.46. The smallest absolute Gasteiger partial charge is 0.168 e. The van der Waals surface area contributed by atoms with Crippen LogP contribution in [0, 0.1) is 0 Å². The molecule has 0 amide bonds. The van der Waals surface area contributed by atoms with Gasteiger partial charge in [-0.1, -0.05) is 17.8 Å². The number of imidazole rings is 1. The van der Waals surface area contributed by atoms with Gasteiger partial charge in [0, 0.05) is 30.7 Å². The highest BCUT2D eigenvalue weighted by atomic mass is 32.2. The zero-order valence-electron chi connectivity index (χ0n) is 11.0. The Balaban J connectivity index is 1.83. The Morgan fingerprint density at radius 1 is 1.47 bits per heavy atom. The number of nitrogens with two attached hydrogens (primary N) is 1. The third-order valence-electron chi connectivity index (χ3n) is 3.57. The van der Waals surface area contributed by atoms with Crippen molar-refractivity contribution in [3.63, 3.8) is 0 Å². The number of ether oxygens (including phenoxy) is 1. The van der Waals surface area contributed by atoms with Gasteiger partial charge in [-0.15, -0.1) is 0 Å². The van der Waals surface area contributed by atoms with Crippen LogP contribution >= 0.6 is 11.8 Å². The van der Waals surface area contributed by atoms with E-state index in [0.717, 1.165) is 17.3 Å². The van der Waals surface area contributed by atoms with Gasteiger partial charge in [0.15, 0.2) is 5.16 Å². The summed E-state index contributed by atoms with van der Waals surface area (Å²) in [5, 5.41) is 1.35. The van der Waals surface area contributed by atoms with Gasteiger partial charge in [-0.2, -0.15) is 0 Å². The van der Waals surface area contributed by atoms with Crippen molar-refractivity contribution in [2.24, 2.45) is 12.8 Å². The Morgan fingerprint density at radius 2 is 2.32 bits per heavy atom. The molecule has 2 atom stereocenters. The number of hydrogen-bond acceptors (Lipinski definition) is 4. The quantitative estimate of drug-likeness (QED) is 0.932. The average Bonchev–Trinajstić information content (AvgIpc) is 2.95. The summed E-state index contributed by atoms with van der Waals surface area (Å²) in [5.74, 6) is 0.872. The van der Waals surface area contributed by atoms with Crippen molar-refractivity contribution in [3.05, 3.63) is 41.7 Å². The van der Waals surface area contributed by atoms with Crippen molar-refractivity contribution in [1.82, 2.24) is 9.55 Å². The van der Waals surface area contributed by atoms with Crippen molar-refractivity contribution in [3.8, 4) is 5.75 Å². The van der Waals surface area contributed by atoms with Gasteiger partial charge in [-0.25, -0.2) is 4.98 Å². The first kappa shape index (κ1) is 12.6. The third kappa shape index (κ3) is 2.24. The van der Waals surface area contributed by atoms with E-state index in [1.807, 2.05) is 30.1 Å². The largest absolute Gasteiger partial charge is 0.497 e. The van der Waals surface area contributed by atoms with Gasteiger partial charge in [0.1, 0.15) is 5.75 Å². The highest BCUT2D eigenvalue weighted by molar-refractivity contribution is 7.99. The Morgan fingerprint density at radius 3 is 3.00 bits per heavy atom. The number of nitrogens with zero attached hydrogens (tertiary/aromatic N) is 2. The Bertz CT molecular complexity index is 596. The average molecular weight is 275 g/mol. The lowest BCUT2D eigenvalue weighted by atomic mass is 10.1. The molecule has 0 fully saturated rings. The number of thioether (sulfide) groups is 1. The Kier molecular flexibility index (Phi) is 3.24. The maximum Gasteiger partial charge on any atom is 0.168 e. The van der Waals surface area contributed by atoms with Gasteiger partial charge in [0.2, 0.25) is 0 Å². The summed E-state index contributed by atoms with van der Waals surface area (Å²) in [4.78, 5) is 4.36. The molecule has 0 saturated carbocycles. The summed E-state index contributed by atoms with van der Waals surface area (Å²) in [5.41, 5.74) is 8.89. The molecule has 19 heavy (non-hydrogen) atoms. The van der Waals surface area contributed by atoms with Crippen LogP contribution in [0.2, 0.25) is 0 Å². The molecule has 0 saturated heterocycles. The first-order valence-corrected chi connectivity index (χ1v) is 7.13. The van der Waals surface area contributed by atoms with E-state index >= 15 is 0 Å². The first-order valence-electron chi connectivity index (χ1n) is 6.25. The van der Waals surface area contributed by atoms with E-state index < -0.39 is 0 Å². The molecule has 0 bridgehead atoms. The molecule has 3 rings (SSSR count). The summed E-state index contributed by atoms with van der Waals surface area (Å²) >= 11 is 1.75. The van der Waals surface area contributed by atoms with Crippen molar-refractivity contribution in [1.29, 1.82) is 0 Å². The van der Waals surface area contributed by atoms with E-state index in [2.05, 4.69) is 17.1 Å². The minimum atomic E-state index is 0.0341. The van der Waals surface area contributed by atoms with Crippen LogP contribution in [0.25, 0.3) is 0 Å². The predicted octanol–water partition coefficient (Wildman–Crippen LogP) is 2.15. The lowest BCUT2D eigenvalue weighted by Gasteiger charge is -2.15. The summed E-state index contributed by atoms with van der Waals surface area (Å²) in [7, 11) is 3.69. The first-order chi connectivity index (χ1) is 9.19. The van der Waals surface area contributed by atoms with Crippen LogP contribution in [-0.4, -0.2) is 21.9 Å². The van der Waals surface area contributed by atoms with Crippen molar-refractivity contribution in [2.45, 2.75) is 22.9 Å². The molecule has 0 spiro atoms. The zero-order valence-corrected chi connectivity index (χ0v) is 11.9. The number of benzene rings is 1. The second-order valence-corrected chi connectivity index (χ2v) is 5.98. The number of aromatic nitrogens is 2. The second kappa shape index (κ2) is 4.90. The fourth-order valence-corrected chi connectivity index (χ4v) is 3.63. The minimum Gasteiger partial charge on any atom is -0.497 e. The second-order valence-electron chi connectivity index (χ2n) is 4.77. The van der Waals surface area contributed by atoms with Crippen LogP contribution in [0.15, 0.2) is 35.7 Å². The molecule has 0 radical (unpaired) electrons. The van der Waals surface area contributed by atoms with Crippen LogP contribution in [0.1, 0.15) is 17.2 Å². The zero-order chi connectivity index (χ0) is 13.4. The van der Waals surface area contributed by atoms with E-state index in [0.29, 0.717) is 5.25 Å². The molecule has 1 aliphatic carbocycles. The predicted molar refractivity (Wildman–Crippen MR) is 76.5 cm³/mol. The highest BCUT2D eigenvalue weighted by Crippen LogP contribution is 2.40. The van der Waals surface area contributed by atoms with Crippen LogP contribution in [0.4, 0.5) is 0 Å². The Labute approximate surface area is 117 Å². The van der Waals surface area contributed by atoms with Crippen molar-refractivity contribution >= 4 is 11.8 Å². The minimum absolute atomic E-state index is 0.0341. The lowest BCUT2D eigenvalue weighted by molar-refractivity contribution is 0.414. The molecule has 1 heterocycles. The fourth-order valence-electron chi connectivity index (χ4n) is 2.46. The fraction of sp³-hybridized carbons (Fsp3) is 0.357. The van der Waals surface area contributed by atoms with Gasteiger partial charge < -0.3 is 15.0 Å². The number of methoxy groups -OCH3 is 1. The van der Waals surface area contributed by atoms with Crippen LogP contribution in [0.3, 0.4) is 0 Å². The molecule has 0 aliphatic heterocycles. The molecule has 1 aromatic carbocycles. The van der Waals surface area contributed by atoms with Gasteiger partial charge >= 0.3 is 0 Å². The van der Waals surface area contributed by atoms with Gasteiger partial charge in [-0.05, 0) is 29.7 Å². The molecule has 2 N–H and O–H groups in total. The van der Waals surface area contributed by atoms with Crippen LogP contribution in [0.5, 0.6) is 5.75 Å². The standard InChI is InChI=1S/C14H17N3OS/c1-17-6-5-16-14(17)19-12-7-9-3-4-10(18-2)8-11(9)13(12)15/h3-6,8,12-13H,7,15H2,1-2H3. The number of aryl methyl sites for hydroxylation is 1. The SMILES string of the molecule is COc1ccc2c(c1)C(N)C(Sc1nccn1C)C2. The van der Waals surface area contributed by atoms with Gasteiger partial charge in [0.05, 0.1) is 7.11 Å². The van der Waals surface area contributed by atoms with Crippen LogP contribution in [-0.2, 0) is 13.5 Å². The monoisotopic (exact) mass is 275 g/mol.